The molecule has 45 heavy (non-hydrogen) atoms. The number of ether oxygens (including phenoxy) is 2. The van der Waals surface area contributed by atoms with Gasteiger partial charge < -0.3 is 20.5 Å². The Kier molecular flexibility index (Phi) is 19.6. The second kappa shape index (κ2) is 23.6. The summed E-state index contributed by atoms with van der Waals surface area (Å²) in [5.41, 5.74) is 6.91. The first-order valence-electron chi connectivity index (χ1n) is 16.7. The molecule has 0 radical (unpaired) electrons. The van der Waals surface area contributed by atoms with Crippen LogP contribution in [0.4, 0.5) is 0 Å². The molecule has 0 bridgehead atoms. The van der Waals surface area contributed by atoms with Gasteiger partial charge in [0.05, 0.1) is 12.8 Å². The number of hydrogen-bond acceptors (Lipinski definition) is 7. The molecule has 9 nitrogen and oxygen atoms in total. The number of rotatable bonds is 25. The Bertz CT molecular complexity index is 1110. The fourth-order valence-electron chi connectivity index (χ4n) is 5.13. The van der Waals surface area contributed by atoms with E-state index in [1.165, 1.54) is 51.4 Å². The van der Waals surface area contributed by atoms with Gasteiger partial charge in [-0.05, 0) is 43.4 Å². The summed E-state index contributed by atoms with van der Waals surface area (Å²) >= 11 is 0. The van der Waals surface area contributed by atoms with Crippen LogP contribution in [0.15, 0.2) is 54.7 Å². The minimum atomic E-state index is -0.990. The first kappa shape index (κ1) is 37.4. The molecule has 1 heterocycles. The molecule has 0 saturated heterocycles. The summed E-state index contributed by atoms with van der Waals surface area (Å²) < 4.78 is 11.1. The molecule has 3 N–H and O–H groups in total. The first-order chi connectivity index (χ1) is 21.9. The van der Waals surface area contributed by atoms with Crippen LogP contribution in [0.2, 0.25) is 0 Å². The number of unbranched alkanes of at least 4 members (excludes halogenated alkanes) is 10. The highest BCUT2D eigenvalue weighted by atomic mass is 16.5. The molecule has 2 rings (SSSR count). The second-order valence-corrected chi connectivity index (χ2v) is 11.7. The zero-order valence-electron chi connectivity index (χ0n) is 27.1. The lowest BCUT2D eigenvalue weighted by atomic mass is 10.0. The number of primary amides is 1. The van der Waals surface area contributed by atoms with Gasteiger partial charge in [-0.3, -0.25) is 19.4 Å². The average molecular weight is 624 g/mol. The van der Waals surface area contributed by atoms with Gasteiger partial charge in [-0.25, -0.2) is 4.79 Å². The Morgan fingerprint density at radius 2 is 1.44 bits per heavy atom. The van der Waals surface area contributed by atoms with Crippen molar-refractivity contribution in [2.45, 2.75) is 135 Å². The van der Waals surface area contributed by atoms with Gasteiger partial charge in [0.25, 0.3) is 0 Å². The van der Waals surface area contributed by atoms with Gasteiger partial charge in [-0.15, -0.1) is 0 Å². The normalized spacial score (nSPS) is 12.2. The van der Waals surface area contributed by atoms with Crippen LogP contribution in [0.5, 0.6) is 0 Å². The molecular weight excluding hydrogens is 570 g/mol. The van der Waals surface area contributed by atoms with E-state index in [4.69, 9.17) is 15.2 Å². The zero-order valence-corrected chi connectivity index (χ0v) is 27.1. The van der Waals surface area contributed by atoms with Gasteiger partial charge >= 0.3 is 11.9 Å². The molecule has 0 spiro atoms. The Labute approximate surface area is 269 Å². The van der Waals surface area contributed by atoms with Gasteiger partial charge in [0.15, 0.2) is 0 Å². The summed E-state index contributed by atoms with van der Waals surface area (Å²) in [5, 5.41) is 2.75. The molecule has 1 aromatic carbocycles. The maximum atomic E-state index is 13.3. The molecular formula is C36H53N3O6. The van der Waals surface area contributed by atoms with Crippen LogP contribution in [0.25, 0.3) is 0 Å². The smallest absolute Gasteiger partial charge is 0.328 e. The third-order valence-corrected chi connectivity index (χ3v) is 7.65. The van der Waals surface area contributed by atoms with E-state index >= 15 is 0 Å². The van der Waals surface area contributed by atoms with Crippen molar-refractivity contribution in [2.24, 2.45) is 5.73 Å². The topological polar surface area (TPSA) is 138 Å². The predicted molar refractivity (Wildman–Crippen MR) is 175 cm³/mol. The highest BCUT2D eigenvalue weighted by molar-refractivity contribution is 5.85. The number of hydrogen-bond donors (Lipinski definition) is 2. The molecule has 2 aromatic rings. The molecule has 9 heteroatoms. The molecule has 248 valence electrons. The molecule has 0 aliphatic carbocycles. The van der Waals surface area contributed by atoms with Crippen molar-refractivity contribution in [2.75, 3.05) is 0 Å². The minimum absolute atomic E-state index is 0.00675. The Balaban J connectivity index is 1.85. The lowest BCUT2D eigenvalue weighted by Crippen LogP contribution is -2.44. The molecule has 2 atom stereocenters. The summed E-state index contributed by atoms with van der Waals surface area (Å²) in [7, 11) is 0. The molecule has 0 aliphatic heterocycles. The Morgan fingerprint density at radius 3 is 2.07 bits per heavy atom. The number of nitrogens with two attached hydrogens (primary N) is 1. The first-order valence-corrected chi connectivity index (χ1v) is 16.7. The van der Waals surface area contributed by atoms with Crippen LogP contribution >= 0.6 is 0 Å². The van der Waals surface area contributed by atoms with E-state index in [0.717, 1.165) is 24.8 Å². The summed E-state index contributed by atoms with van der Waals surface area (Å²) in [5.74, 6) is -1.97. The van der Waals surface area contributed by atoms with E-state index in [1.54, 1.807) is 24.4 Å². The van der Waals surface area contributed by atoms with Gasteiger partial charge in [-0.1, -0.05) is 108 Å². The van der Waals surface area contributed by atoms with Crippen molar-refractivity contribution >= 4 is 23.8 Å². The van der Waals surface area contributed by atoms with Crippen molar-refractivity contribution in [1.29, 1.82) is 0 Å². The van der Waals surface area contributed by atoms with Gasteiger partial charge in [0.2, 0.25) is 11.8 Å². The molecule has 0 unspecified atom stereocenters. The molecule has 2 amide bonds. The monoisotopic (exact) mass is 623 g/mol. The van der Waals surface area contributed by atoms with Crippen molar-refractivity contribution in [1.82, 2.24) is 10.3 Å². The van der Waals surface area contributed by atoms with Gasteiger partial charge in [0, 0.05) is 18.3 Å². The van der Waals surface area contributed by atoms with Crippen LogP contribution in [-0.2, 0) is 41.7 Å². The minimum Gasteiger partial charge on any atom is -0.461 e. The Morgan fingerprint density at radius 1 is 0.800 bits per heavy atom. The number of nitrogens with zero attached hydrogens (tertiary/aromatic N) is 1. The van der Waals surface area contributed by atoms with Crippen LogP contribution in [0, 0.1) is 0 Å². The number of pyridine rings is 1. The maximum absolute atomic E-state index is 13.3. The summed E-state index contributed by atoms with van der Waals surface area (Å²) in [6, 6.07) is 13.6. The van der Waals surface area contributed by atoms with Gasteiger partial charge in [-0.2, -0.15) is 0 Å². The number of benzene rings is 1. The van der Waals surface area contributed by atoms with E-state index in [9.17, 15) is 19.2 Å². The molecule has 0 aliphatic rings. The van der Waals surface area contributed by atoms with Crippen molar-refractivity contribution < 1.29 is 28.7 Å². The number of esters is 2. The van der Waals surface area contributed by atoms with Crippen molar-refractivity contribution in [3.63, 3.8) is 0 Å². The standard InChI is InChI=1S/C36H53N3O6/c1-2-3-4-5-6-7-8-9-10-11-15-22-31(27-33(37)40)45-36(43)32(39-34(41)26-30-21-16-17-25-38-30)23-18-24-35(42)44-28-29-19-13-12-14-20-29/h12-14,16-17,19-21,25,31-32H,2-11,15,18,22-24,26-28H2,1H3,(H2,37,40)(H,39,41)/t31-,32-/m0/s1. The van der Waals surface area contributed by atoms with Crippen LogP contribution < -0.4 is 11.1 Å². The molecule has 0 saturated carbocycles. The fourth-order valence-corrected chi connectivity index (χ4v) is 5.13. The molecule has 1 aromatic heterocycles. The highest BCUT2D eigenvalue weighted by Gasteiger charge is 2.26. The number of nitrogens with one attached hydrogen (secondary N) is 1. The third-order valence-electron chi connectivity index (χ3n) is 7.65. The third kappa shape index (κ3) is 18.6. The fraction of sp³-hybridized carbons (Fsp3) is 0.583. The average Bonchev–Trinajstić information content (AvgIpc) is 3.02. The van der Waals surface area contributed by atoms with Crippen LogP contribution in [0.1, 0.15) is 121 Å². The summed E-state index contributed by atoms with van der Waals surface area (Å²) in [6.45, 7) is 2.39. The largest absolute Gasteiger partial charge is 0.461 e. The van der Waals surface area contributed by atoms with E-state index in [0.29, 0.717) is 18.5 Å². The van der Waals surface area contributed by atoms with Crippen molar-refractivity contribution in [3.8, 4) is 0 Å². The number of amides is 2. The predicted octanol–water partition coefficient (Wildman–Crippen LogP) is 6.51. The van der Waals surface area contributed by atoms with E-state index < -0.39 is 30.0 Å². The number of carbonyl (C=O) groups is 4. The van der Waals surface area contributed by atoms with Crippen molar-refractivity contribution in [3.05, 3.63) is 66.0 Å². The second-order valence-electron chi connectivity index (χ2n) is 11.7. The summed E-state index contributed by atoms with van der Waals surface area (Å²) in [4.78, 5) is 54.4. The van der Waals surface area contributed by atoms with E-state index in [2.05, 4.69) is 17.2 Å². The number of carbonyl (C=O) groups excluding carboxylic acids is 4. The van der Waals surface area contributed by atoms with Gasteiger partial charge in [0.1, 0.15) is 18.8 Å². The summed E-state index contributed by atoms with van der Waals surface area (Å²) in [6.07, 6.45) is 15.0. The zero-order chi connectivity index (χ0) is 32.5. The van der Waals surface area contributed by atoms with Crippen LogP contribution in [-0.4, -0.2) is 40.9 Å². The molecule has 0 fully saturated rings. The number of aromatic nitrogens is 1. The maximum Gasteiger partial charge on any atom is 0.328 e. The quantitative estimate of drug-likeness (QED) is 0.0950. The van der Waals surface area contributed by atoms with E-state index in [-0.39, 0.29) is 38.2 Å². The van der Waals surface area contributed by atoms with E-state index in [1.807, 2.05) is 30.3 Å². The lowest BCUT2D eigenvalue weighted by Gasteiger charge is -2.22. The highest BCUT2D eigenvalue weighted by Crippen LogP contribution is 2.16. The SMILES string of the molecule is CCCCCCCCCCCCC[C@@H](CC(N)=O)OC(=O)[C@H](CCCC(=O)OCc1ccccc1)NC(=O)Cc1ccccn1. The lowest BCUT2D eigenvalue weighted by molar-refractivity contribution is -0.155. The van der Waals surface area contributed by atoms with Crippen LogP contribution in [0.3, 0.4) is 0 Å². The Hall–Kier alpha value is -3.75.